The number of nitrogens with one attached hydrogen (secondary N) is 1. The molecule has 0 radical (unpaired) electrons. The number of fused-ring (bicyclic) bond motifs is 1. The van der Waals surface area contributed by atoms with Crippen molar-refractivity contribution in [3.05, 3.63) is 42.2 Å². The van der Waals surface area contributed by atoms with E-state index in [0.717, 1.165) is 29.6 Å². The van der Waals surface area contributed by atoms with E-state index in [2.05, 4.69) is 25.1 Å². The molecule has 2 aromatic heterocycles. The number of H-pyrrole nitrogens is 1. The molecular formula is C17H18N6O2. The molecule has 1 aliphatic rings. The summed E-state index contributed by atoms with van der Waals surface area (Å²) < 4.78 is 5.69. The Labute approximate surface area is 144 Å². The van der Waals surface area contributed by atoms with Gasteiger partial charge in [0, 0.05) is 6.54 Å². The van der Waals surface area contributed by atoms with Gasteiger partial charge in [0.15, 0.2) is 12.4 Å². The lowest BCUT2D eigenvalue weighted by molar-refractivity contribution is -0.134. The third kappa shape index (κ3) is 3.02. The van der Waals surface area contributed by atoms with Crippen LogP contribution < -0.4 is 4.74 Å². The first-order chi connectivity index (χ1) is 12.2. The first kappa shape index (κ1) is 15.5. The van der Waals surface area contributed by atoms with Gasteiger partial charge in [-0.1, -0.05) is 12.1 Å². The predicted octanol–water partition coefficient (Wildman–Crippen LogP) is 1.80. The van der Waals surface area contributed by atoms with Crippen LogP contribution >= 0.6 is 0 Å². The van der Waals surface area contributed by atoms with E-state index in [1.165, 1.54) is 6.33 Å². The van der Waals surface area contributed by atoms with Crippen molar-refractivity contribution in [1.29, 1.82) is 0 Å². The van der Waals surface area contributed by atoms with Crippen LogP contribution in [-0.4, -0.2) is 49.1 Å². The van der Waals surface area contributed by atoms with Gasteiger partial charge in [-0.25, -0.2) is 15.0 Å². The van der Waals surface area contributed by atoms with E-state index in [1.54, 1.807) is 4.90 Å². The van der Waals surface area contributed by atoms with Gasteiger partial charge in [0.2, 0.25) is 5.88 Å². The molecule has 1 fully saturated rings. The Morgan fingerprint density at radius 2 is 2.24 bits per heavy atom. The van der Waals surface area contributed by atoms with Crippen molar-refractivity contribution in [3.8, 4) is 5.88 Å². The molecule has 25 heavy (non-hydrogen) atoms. The van der Waals surface area contributed by atoms with Crippen LogP contribution in [0, 0.1) is 6.92 Å². The normalized spacial score (nSPS) is 17.2. The number of nitrogens with zero attached hydrogens (tertiary/aromatic N) is 5. The van der Waals surface area contributed by atoms with Gasteiger partial charge in [-0.15, -0.1) is 0 Å². The summed E-state index contributed by atoms with van der Waals surface area (Å²) in [5.74, 6) is 1.74. The smallest absolute Gasteiger partial charge is 0.261 e. The molecule has 0 aliphatic carbocycles. The summed E-state index contributed by atoms with van der Waals surface area (Å²) in [5, 5.41) is 7.83. The maximum atomic E-state index is 12.6. The van der Waals surface area contributed by atoms with Gasteiger partial charge in [-0.2, -0.15) is 5.10 Å². The highest BCUT2D eigenvalue weighted by Gasteiger charge is 2.32. The molecule has 1 atom stereocenters. The molecule has 1 aromatic carbocycles. The minimum absolute atomic E-state index is 0.0685. The number of benzene rings is 1. The van der Waals surface area contributed by atoms with Gasteiger partial charge in [0.1, 0.15) is 12.2 Å². The number of hydrogen-bond donors (Lipinski definition) is 1. The van der Waals surface area contributed by atoms with Crippen LogP contribution in [0.4, 0.5) is 0 Å². The number of hydrogen-bond acceptors (Lipinski definition) is 6. The average Bonchev–Trinajstić information content (AvgIpc) is 3.28. The molecule has 1 N–H and O–H groups in total. The Kier molecular flexibility index (Phi) is 4.01. The fourth-order valence-electron chi connectivity index (χ4n) is 3.15. The molecule has 1 aliphatic heterocycles. The minimum atomic E-state index is -0.0943. The molecule has 0 spiro atoms. The molecule has 1 saturated heterocycles. The maximum absolute atomic E-state index is 12.6. The SMILES string of the molecule is Cc1nc([C@H]2CCCN2C(=O)COc2ncnc3ccccc23)n[nH]1. The maximum Gasteiger partial charge on any atom is 0.261 e. The van der Waals surface area contributed by atoms with Gasteiger partial charge >= 0.3 is 0 Å². The van der Waals surface area contributed by atoms with Crippen molar-refractivity contribution in [3.63, 3.8) is 0 Å². The van der Waals surface area contributed by atoms with E-state index in [1.807, 2.05) is 31.2 Å². The van der Waals surface area contributed by atoms with E-state index in [0.29, 0.717) is 18.2 Å². The Balaban J connectivity index is 1.48. The Hall–Kier alpha value is -3.03. The summed E-state index contributed by atoms with van der Waals surface area (Å²) in [6, 6.07) is 7.46. The highest BCUT2D eigenvalue weighted by Crippen LogP contribution is 2.30. The number of rotatable bonds is 4. The van der Waals surface area contributed by atoms with Crippen LogP contribution in [0.1, 0.15) is 30.5 Å². The zero-order chi connectivity index (χ0) is 17.2. The summed E-state index contributed by atoms with van der Waals surface area (Å²) in [6.45, 7) is 2.47. The average molecular weight is 338 g/mol. The van der Waals surface area contributed by atoms with Crippen LogP contribution in [0.15, 0.2) is 30.6 Å². The lowest BCUT2D eigenvalue weighted by atomic mass is 10.2. The number of para-hydroxylation sites is 1. The van der Waals surface area contributed by atoms with Crippen molar-refractivity contribution in [2.75, 3.05) is 13.2 Å². The van der Waals surface area contributed by atoms with Crippen LogP contribution in [0.25, 0.3) is 10.9 Å². The van der Waals surface area contributed by atoms with Crippen molar-refractivity contribution < 1.29 is 9.53 Å². The van der Waals surface area contributed by atoms with Gasteiger partial charge < -0.3 is 9.64 Å². The molecule has 0 unspecified atom stereocenters. The second-order valence-corrected chi connectivity index (χ2v) is 6.01. The topological polar surface area (TPSA) is 96.9 Å². The van der Waals surface area contributed by atoms with Gasteiger partial charge in [0.25, 0.3) is 5.91 Å². The summed E-state index contributed by atoms with van der Waals surface area (Å²) in [4.78, 5) is 27.1. The molecular weight excluding hydrogens is 320 g/mol. The highest BCUT2D eigenvalue weighted by atomic mass is 16.5. The largest absolute Gasteiger partial charge is 0.467 e. The van der Waals surface area contributed by atoms with E-state index in [9.17, 15) is 4.79 Å². The number of carbonyl (C=O) groups excluding carboxylic acids is 1. The second-order valence-electron chi connectivity index (χ2n) is 6.01. The number of ether oxygens (including phenoxy) is 1. The minimum Gasteiger partial charge on any atom is -0.467 e. The number of carbonyl (C=O) groups is 1. The van der Waals surface area contributed by atoms with Crippen LogP contribution in [0.2, 0.25) is 0 Å². The Bertz CT molecular complexity index is 904. The quantitative estimate of drug-likeness (QED) is 0.779. The monoisotopic (exact) mass is 338 g/mol. The number of aryl methyl sites for hydroxylation is 1. The van der Waals surface area contributed by atoms with Crippen molar-refractivity contribution >= 4 is 16.8 Å². The number of amides is 1. The zero-order valence-corrected chi connectivity index (χ0v) is 13.8. The lowest BCUT2D eigenvalue weighted by Gasteiger charge is -2.22. The van der Waals surface area contributed by atoms with E-state index in [4.69, 9.17) is 4.74 Å². The van der Waals surface area contributed by atoms with E-state index < -0.39 is 0 Å². The third-order valence-electron chi connectivity index (χ3n) is 4.32. The molecule has 8 heteroatoms. The first-order valence-electron chi connectivity index (χ1n) is 8.23. The van der Waals surface area contributed by atoms with Crippen molar-refractivity contribution in [2.24, 2.45) is 0 Å². The third-order valence-corrected chi connectivity index (χ3v) is 4.32. The molecule has 3 aromatic rings. The van der Waals surface area contributed by atoms with E-state index >= 15 is 0 Å². The summed E-state index contributed by atoms with van der Waals surface area (Å²) in [6.07, 6.45) is 3.23. The number of aromatic amines is 1. The summed E-state index contributed by atoms with van der Waals surface area (Å²) >= 11 is 0. The lowest BCUT2D eigenvalue weighted by Crippen LogP contribution is -2.35. The van der Waals surface area contributed by atoms with Crippen molar-refractivity contribution in [2.45, 2.75) is 25.8 Å². The fraction of sp³-hybridized carbons (Fsp3) is 0.353. The molecule has 128 valence electrons. The molecule has 4 rings (SSSR count). The van der Waals surface area contributed by atoms with Gasteiger partial charge in [-0.3, -0.25) is 9.89 Å². The molecule has 1 amide bonds. The molecule has 8 nitrogen and oxygen atoms in total. The summed E-state index contributed by atoms with van der Waals surface area (Å²) in [7, 11) is 0. The molecule has 0 bridgehead atoms. The zero-order valence-electron chi connectivity index (χ0n) is 13.8. The number of likely N-dealkylation sites (tertiary alicyclic amines) is 1. The molecule has 3 heterocycles. The molecule has 0 saturated carbocycles. The standard InChI is InChI=1S/C17H18N6O2/c1-11-20-16(22-21-11)14-7-4-8-23(14)15(24)9-25-17-12-5-2-3-6-13(12)18-10-19-17/h2-3,5-6,10,14H,4,7-9H2,1H3,(H,20,21,22)/t14-/m1/s1. The Morgan fingerprint density at radius 1 is 1.36 bits per heavy atom. The van der Waals surface area contributed by atoms with E-state index in [-0.39, 0.29) is 18.6 Å². The van der Waals surface area contributed by atoms with Crippen molar-refractivity contribution in [1.82, 2.24) is 30.0 Å². The first-order valence-corrected chi connectivity index (χ1v) is 8.23. The second kappa shape index (κ2) is 6.46. The highest BCUT2D eigenvalue weighted by molar-refractivity contribution is 5.84. The fourth-order valence-corrected chi connectivity index (χ4v) is 3.15. The Morgan fingerprint density at radius 3 is 3.08 bits per heavy atom. The van der Waals surface area contributed by atoms with Crippen LogP contribution in [0.5, 0.6) is 5.88 Å². The van der Waals surface area contributed by atoms with Gasteiger partial charge in [0.05, 0.1) is 16.9 Å². The number of aromatic nitrogens is 5. The summed E-state index contributed by atoms with van der Waals surface area (Å²) in [5.41, 5.74) is 0.787. The van der Waals surface area contributed by atoms with Crippen LogP contribution in [0.3, 0.4) is 0 Å². The van der Waals surface area contributed by atoms with Gasteiger partial charge in [-0.05, 0) is 31.9 Å². The predicted molar refractivity (Wildman–Crippen MR) is 89.8 cm³/mol. The van der Waals surface area contributed by atoms with Crippen LogP contribution in [-0.2, 0) is 4.79 Å².